The van der Waals surface area contributed by atoms with Gasteiger partial charge in [0.05, 0.1) is 9.90 Å². The first-order chi connectivity index (χ1) is 11.2. The van der Waals surface area contributed by atoms with Crippen molar-refractivity contribution in [2.24, 2.45) is 0 Å². The highest BCUT2D eigenvalue weighted by Gasteiger charge is 2.13. The summed E-state index contributed by atoms with van der Waals surface area (Å²) in [5.41, 5.74) is 2.02. The first kappa shape index (κ1) is 16.6. The van der Waals surface area contributed by atoms with Crippen molar-refractivity contribution in [1.29, 1.82) is 0 Å². The molecule has 0 radical (unpaired) electrons. The number of benzene rings is 1. The molecule has 0 fully saturated rings. The highest BCUT2D eigenvalue weighted by molar-refractivity contribution is 7.15. The predicted molar refractivity (Wildman–Crippen MR) is 95.4 cm³/mol. The van der Waals surface area contributed by atoms with Gasteiger partial charge in [0.2, 0.25) is 0 Å². The summed E-state index contributed by atoms with van der Waals surface area (Å²) in [6, 6.07) is 4.75. The Bertz CT molecular complexity index is 676. The lowest BCUT2D eigenvalue weighted by molar-refractivity contribution is 0.631. The highest BCUT2D eigenvalue weighted by Crippen LogP contribution is 2.34. The van der Waals surface area contributed by atoms with Crippen LogP contribution in [0.15, 0.2) is 36.0 Å². The van der Waals surface area contributed by atoms with Crippen LogP contribution in [0.4, 0.5) is 4.39 Å². The molecule has 0 amide bonds. The van der Waals surface area contributed by atoms with Crippen LogP contribution in [0.3, 0.4) is 0 Å². The zero-order valence-electron chi connectivity index (χ0n) is 12.9. The quantitative estimate of drug-likeness (QED) is 0.543. The number of hydrogen-bond acceptors (Lipinski definition) is 3. The zero-order chi connectivity index (χ0) is 16.1. The molecule has 1 N–H and O–H groups in total. The molecule has 1 aromatic carbocycles. The van der Waals surface area contributed by atoms with Crippen molar-refractivity contribution in [2.45, 2.75) is 38.6 Å². The average Bonchev–Trinajstić information content (AvgIpc) is 3.01. The van der Waals surface area contributed by atoms with E-state index < -0.39 is 0 Å². The maximum atomic E-state index is 13.9. The second kappa shape index (κ2) is 8.04. The lowest BCUT2D eigenvalue weighted by Crippen LogP contribution is -2.15. The molecule has 1 heterocycles. The molecular weight excluding hydrogens is 331 g/mol. The molecule has 0 atom stereocenters. The smallest absolute Gasteiger partial charge is 0.133 e. The summed E-state index contributed by atoms with van der Waals surface area (Å²) in [6.07, 6.45) is 10.3. The summed E-state index contributed by atoms with van der Waals surface area (Å²) in [4.78, 5) is 5.15. The van der Waals surface area contributed by atoms with E-state index in [0.29, 0.717) is 17.1 Å². The molecule has 1 aliphatic carbocycles. The first-order valence-electron chi connectivity index (χ1n) is 8.02. The van der Waals surface area contributed by atoms with E-state index in [1.807, 2.05) is 0 Å². The van der Waals surface area contributed by atoms with Crippen LogP contribution in [0.1, 0.15) is 37.1 Å². The molecule has 5 heteroatoms. The van der Waals surface area contributed by atoms with E-state index >= 15 is 0 Å². The topological polar surface area (TPSA) is 24.9 Å². The lowest BCUT2D eigenvalue weighted by atomic mass is 9.97. The molecule has 1 aliphatic rings. The van der Waals surface area contributed by atoms with Gasteiger partial charge in [0, 0.05) is 18.3 Å². The van der Waals surface area contributed by atoms with E-state index in [2.05, 4.69) is 16.4 Å². The number of nitrogens with one attached hydrogen (secondary N) is 1. The van der Waals surface area contributed by atoms with E-state index in [-0.39, 0.29) is 5.82 Å². The number of aromatic nitrogens is 1. The van der Waals surface area contributed by atoms with Gasteiger partial charge in [-0.2, -0.15) is 0 Å². The van der Waals surface area contributed by atoms with E-state index in [1.54, 1.807) is 23.9 Å². The molecule has 1 aromatic heterocycles. The normalized spacial score (nSPS) is 14.8. The van der Waals surface area contributed by atoms with Crippen molar-refractivity contribution in [3.05, 3.63) is 51.9 Å². The zero-order valence-corrected chi connectivity index (χ0v) is 14.5. The van der Waals surface area contributed by atoms with Gasteiger partial charge in [-0.1, -0.05) is 29.3 Å². The number of nitrogens with zero attached hydrogens (tertiary/aromatic N) is 1. The highest BCUT2D eigenvalue weighted by atomic mass is 35.5. The van der Waals surface area contributed by atoms with E-state index in [9.17, 15) is 4.39 Å². The van der Waals surface area contributed by atoms with Crippen molar-refractivity contribution in [3.63, 3.8) is 0 Å². The van der Waals surface area contributed by atoms with Crippen molar-refractivity contribution >= 4 is 22.9 Å². The van der Waals surface area contributed by atoms with Gasteiger partial charge in [0.25, 0.3) is 0 Å². The number of allylic oxidation sites excluding steroid dienone is 1. The van der Waals surface area contributed by atoms with Gasteiger partial charge in [-0.15, -0.1) is 11.3 Å². The predicted octanol–water partition coefficient (Wildman–Crippen LogP) is 5.58. The van der Waals surface area contributed by atoms with Gasteiger partial charge in [0.1, 0.15) is 10.8 Å². The van der Waals surface area contributed by atoms with Crippen LogP contribution in [-0.4, -0.2) is 11.5 Å². The largest absolute Gasteiger partial charge is 0.310 e. The van der Waals surface area contributed by atoms with E-state index in [4.69, 9.17) is 11.6 Å². The van der Waals surface area contributed by atoms with Gasteiger partial charge in [0.15, 0.2) is 0 Å². The minimum Gasteiger partial charge on any atom is -0.310 e. The molecule has 0 unspecified atom stereocenters. The van der Waals surface area contributed by atoms with Crippen LogP contribution in [0.5, 0.6) is 0 Å². The Kier molecular flexibility index (Phi) is 5.81. The third kappa shape index (κ3) is 4.40. The summed E-state index contributed by atoms with van der Waals surface area (Å²) >= 11 is 7.59. The van der Waals surface area contributed by atoms with Crippen LogP contribution >= 0.6 is 22.9 Å². The number of thiazole rings is 1. The summed E-state index contributed by atoms with van der Waals surface area (Å²) in [5.74, 6) is -0.301. The van der Waals surface area contributed by atoms with Gasteiger partial charge >= 0.3 is 0 Å². The Morgan fingerprint density at radius 2 is 2.22 bits per heavy atom. The molecule has 3 rings (SSSR count). The summed E-state index contributed by atoms with van der Waals surface area (Å²) < 4.78 is 13.9. The molecular formula is C18H20ClFN2S. The van der Waals surface area contributed by atoms with Gasteiger partial charge in [-0.05, 0) is 50.8 Å². The van der Waals surface area contributed by atoms with Crippen molar-refractivity contribution in [2.75, 3.05) is 6.54 Å². The fraction of sp³-hybridized carbons (Fsp3) is 0.389. The molecule has 0 bridgehead atoms. The molecule has 0 saturated heterocycles. The first-order valence-corrected chi connectivity index (χ1v) is 9.21. The standard InChI is InChI=1S/C18H20ClFN2S/c19-14-7-4-8-15(20)18(14)16-11-22-17(23-16)12-21-10-9-13-5-2-1-3-6-13/h4-5,7-8,11,21H,1-3,6,9-10,12H2. The number of halogens is 2. The molecule has 2 aromatic rings. The molecule has 0 aliphatic heterocycles. The van der Waals surface area contributed by atoms with Crippen LogP contribution in [-0.2, 0) is 6.54 Å². The Hall–Kier alpha value is -1.23. The van der Waals surface area contributed by atoms with Crippen LogP contribution in [0.25, 0.3) is 10.4 Å². The van der Waals surface area contributed by atoms with Crippen molar-refractivity contribution < 1.29 is 4.39 Å². The van der Waals surface area contributed by atoms with E-state index in [0.717, 1.165) is 22.9 Å². The monoisotopic (exact) mass is 350 g/mol. The summed E-state index contributed by atoms with van der Waals surface area (Å²) in [7, 11) is 0. The summed E-state index contributed by atoms with van der Waals surface area (Å²) in [6.45, 7) is 1.67. The Labute approximate surface area is 145 Å². The third-order valence-electron chi connectivity index (χ3n) is 4.05. The second-order valence-corrected chi connectivity index (χ2v) is 7.27. The lowest BCUT2D eigenvalue weighted by Gasteiger charge is -2.12. The van der Waals surface area contributed by atoms with Gasteiger partial charge < -0.3 is 5.32 Å². The van der Waals surface area contributed by atoms with Gasteiger partial charge in [-0.3, -0.25) is 0 Å². The third-order valence-corrected chi connectivity index (χ3v) is 5.38. The fourth-order valence-corrected chi connectivity index (χ4v) is 4.09. The van der Waals surface area contributed by atoms with Crippen LogP contribution < -0.4 is 5.32 Å². The number of rotatable bonds is 6. The molecule has 0 spiro atoms. The maximum absolute atomic E-state index is 13.9. The average molecular weight is 351 g/mol. The van der Waals surface area contributed by atoms with Gasteiger partial charge in [-0.25, -0.2) is 9.37 Å². The fourth-order valence-electron chi connectivity index (χ4n) is 2.82. The molecule has 0 saturated carbocycles. The Morgan fingerprint density at radius 3 is 3.00 bits per heavy atom. The van der Waals surface area contributed by atoms with Crippen LogP contribution in [0.2, 0.25) is 5.02 Å². The van der Waals surface area contributed by atoms with Crippen molar-refractivity contribution in [1.82, 2.24) is 10.3 Å². The second-order valence-electron chi connectivity index (χ2n) is 5.75. The Balaban J connectivity index is 1.54. The summed E-state index contributed by atoms with van der Waals surface area (Å²) in [5, 5.41) is 4.81. The minimum atomic E-state index is -0.301. The Morgan fingerprint density at radius 1 is 1.30 bits per heavy atom. The van der Waals surface area contributed by atoms with E-state index in [1.165, 1.54) is 43.1 Å². The van der Waals surface area contributed by atoms with Crippen molar-refractivity contribution in [3.8, 4) is 10.4 Å². The SMILES string of the molecule is Fc1cccc(Cl)c1-c1cnc(CNCCC2=CCCCC2)s1. The minimum absolute atomic E-state index is 0.301. The van der Waals surface area contributed by atoms with Crippen LogP contribution in [0, 0.1) is 5.82 Å². The maximum Gasteiger partial charge on any atom is 0.133 e. The molecule has 23 heavy (non-hydrogen) atoms. The number of hydrogen-bond donors (Lipinski definition) is 1. The molecule has 122 valence electrons. The molecule has 2 nitrogen and oxygen atoms in total.